The molecule has 0 heterocycles. The molecule has 0 aliphatic rings. The number of hydrogen-bond donors (Lipinski definition) is 2. The first kappa shape index (κ1) is 20.3. The van der Waals surface area contributed by atoms with Crippen molar-refractivity contribution in [2.24, 2.45) is 0 Å². The third-order valence-corrected chi connectivity index (χ3v) is 3.65. The highest BCUT2D eigenvalue weighted by Crippen LogP contribution is 2.36. The molecule has 0 radical (unpaired) electrons. The van der Waals surface area contributed by atoms with Crippen molar-refractivity contribution in [1.29, 1.82) is 0 Å². The first-order chi connectivity index (χ1) is 9.45. The molecule has 0 fully saturated rings. The molecule has 21 heavy (non-hydrogen) atoms. The van der Waals surface area contributed by atoms with E-state index in [1.165, 1.54) is 0 Å². The fraction of sp³-hybridized carbons (Fsp3) is 0.769. The number of phosphoric ester groups is 1. The molecular weight excluding hydrogens is 297 g/mol. The summed E-state index contributed by atoms with van der Waals surface area (Å²) in [5.41, 5.74) is 0. The van der Waals surface area contributed by atoms with Crippen LogP contribution in [-0.4, -0.2) is 60.1 Å². The van der Waals surface area contributed by atoms with E-state index in [-0.39, 0.29) is 18.8 Å². The number of phosphoric acid groups is 1. The van der Waals surface area contributed by atoms with Crippen molar-refractivity contribution < 1.29 is 32.9 Å². The van der Waals surface area contributed by atoms with E-state index in [1.54, 1.807) is 6.92 Å². The highest BCUT2D eigenvalue weighted by molar-refractivity contribution is 7.46. The molecule has 7 nitrogen and oxygen atoms in total. The second kappa shape index (κ2) is 8.66. The zero-order valence-corrected chi connectivity index (χ0v) is 14.1. The standard InChI is InChI=1S/C13H26NO6P/c1-6-13(15)20-11(2)8-7-9-12(14(3,4)5)10-19-21(16,17)18/h6,11-12H,1,7-10H2,2-5H3,(H-,16,17,18)/p+1. The van der Waals surface area contributed by atoms with Crippen molar-refractivity contribution >= 4 is 13.8 Å². The number of hydrogen-bond acceptors (Lipinski definition) is 4. The van der Waals surface area contributed by atoms with Gasteiger partial charge in [-0.25, -0.2) is 9.36 Å². The average molecular weight is 324 g/mol. The molecular formula is C13H27NO6P+. The van der Waals surface area contributed by atoms with Gasteiger partial charge in [0, 0.05) is 12.5 Å². The Labute approximate surface area is 126 Å². The van der Waals surface area contributed by atoms with Crippen LogP contribution < -0.4 is 0 Å². The Kier molecular flexibility index (Phi) is 8.36. The first-order valence-electron chi connectivity index (χ1n) is 6.80. The summed E-state index contributed by atoms with van der Waals surface area (Å²) in [6.07, 6.45) is 3.05. The van der Waals surface area contributed by atoms with Gasteiger partial charge >= 0.3 is 13.8 Å². The lowest BCUT2D eigenvalue weighted by Crippen LogP contribution is -2.47. The van der Waals surface area contributed by atoms with Crippen LogP contribution in [0.4, 0.5) is 0 Å². The Morgan fingerprint density at radius 1 is 1.33 bits per heavy atom. The number of carbonyl (C=O) groups is 1. The summed E-state index contributed by atoms with van der Waals surface area (Å²) in [4.78, 5) is 28.6. The third kappa shape index (κ3) is 10.6. The second-order valence-electron chi connectivity index (χ2n) is 5.94. The van der Waals surface area contributed by atoms with Crippen LogP contribution in [0.15, 0.2) is 12.7 Å². The summed E-state index contributed by atoms with van der Waals surface area (Å²) in [7, 11) is 1.36. The minimum Gasteiger partial charge on any atom is -0.460 e. The van der Waals surface area contributed by atoms with Crippen LogP contribution >= 0.6 is 7.82 Å². The van der Waals surface area contributed by atoms with Crippen molar-refractivity contribution in [3.63, 3.8) is 0 Å². The Morgan fingerprint density at radius 3 is 2.33 bits per heavy atom. The summed E-state index contributed by atoms with van der Waals surface area (Å²) >= 11 is 0. The van der Waals surface area contributed by atoms with Crippen LogP contribution in [0.2, 0.25) is 0 Å². The van der Waals surface area contributed by atoms with E-state index in [4.69, 9.17) is 14.5 Å². The minimum atomic E-state index is -4.45. The van der Waals surface area contributed by atoms with E-state index in [1.807, 2.05) is 21.1 Å². The largest absolute Gasteiger partial charge is 0.469 e. The molecule has 0 aliphatic heterocycles. The molecule has 2 atom stereocenters. The zero-order valence-electron chi connectivity index (χ0n) is 13.2. The Morgan fingerprint density at radius 2 is 1.90 bits per heavy atom. The Hall–Kier alpha value is -0.720. The molecule has 0 aromatic rings. The van der Waals surface area contributed by atoms with E-state index in [9.17, 15) is 9.36 Å². The molecule has 0 saturated heterocycles. The van der Waals surface area contributed by atoms with E-state index in [0.29, 0.717) is 17.3 Å². The highest BCUT2D eigenvalue weighted by Gasteiger charge is 2.27. The maximum atomic E-state index is 11.0. The van der Waals surface area contributed by atoms with Crippen LogP contribution in [0.5, 0.6) is 0 Å². The summed E-state index contributed by atoms with van der Waals surface area (Å²) in [5, 5.41) is 0. The van der Waals surface area contributed by atoms with Gasteiger partial charge in [-0.1, -0.05) is 6.58 Å². The maximum Gasteiger partial charge on any atom is 0.469 e. The summed E-state index contributed by atoms with van der Waals surface area (Å²) in [6, 6.07) is -0.0556. The number of esters is 1. The lowest BCUT2D eigenvalue weighted by atomic mass is 10.1. The molecule has 8 heteroatoms. The van der Waals surface area contributed by atoms with Crippen LogP contribution in [0, 0.1) is 0 Å². The minimum absolute atomic E-state index is 0.0192. The molecule has 0 aliphatic carbocycles. The molecule has 0 bridgehead atoms. The van der Waals surface area contributed by atoms with Gasteiger partial charge in [-0.3, -0.25) is 4.52 Å². The topological polar surface area (TPSA) is 93.1 Å². The van der Waals surface area contributed by atoms with Gasteiger partial charge in [0.2, 0.25) is 0 Å². The quantitative estimate of drug-likeness (QED) is 0.273. The fourth-order valence-electron chi connectivity index (χ4n) is 1.82. The number of quaternary nitrogens is 1. The van der Waals surface area contributed by atoms with Crippen LogP contribution in [0.3, 0.4) is 0 Å². The highest BCUT2D eigenvalue weighted by atomic mass is 31.2. The molecule has 0 aromatic carbocycles. The molecule has 0 aromatic heterocycles. The van der Waals surface area contributed by atoms with E-state index in [2.05, 4.69) is 11.1 Å². The summed E-state index contributed by atoms with van der Waals surface area (Å²) in [5.74, 6) is -0.449. The van der Waals surface area contributed by atoms with Crippen molar-refractivity contribution in [3.05, 3.63) is 12.7 Å². The Bertz CT molecular complexity index is 387. The van der Waals surface area contributed by atoms with Crippen molar-refractivity contribution in [2.45, 2.75) is 38.3 Å². The molecule has 124 valence electrons. The van der Waals surface area contributed by atoms with Crippen LogP contribution in [-0.2, 0) is 18.6 Å². The maximum absolute atomic E-state index is 11.0. The van der Waals surface area contributed by atoms with E-state index >= 15 is 0 Å². The molecule has 0 rings (SSSR count). The predicted molar refractivity (Wildman–Crippen MR) is 79.4 cm³/mol. The van der Waals surface area contributed by atoms with Crippen molar-refractivity contribution in [2.75, 3.05) is 27.7 Å². The number of ether oxygens (including phenoxy) is 1. The lowest BCUT2D eigenvalue weighted by molar-refractivity contribution is -0.896. The van der Waals surface area contributed by atoms with Crippen molar-refractivity contribution in [1.82, 2.24) is 0 Å². The van der Waals surface area contributed by atoms with Crippen LogP contribution in [0.1, 0.15) is 26.2 Å². The predicted octanol–water partition coefficient (Wildman–Crippen LogP) is 1.46. The van der Waals surface area contributed by atoms with Gasteiger partial charge in [0.05, 0.1) is 27.2 Å². The summed E-state index contributed by atoms with van der Waals surface area (Å²) < 4.78 is 21.0. The monoisotopic (exact) mass is 324 g/mol. The zero-order chi connectivity index (χ0) is 16.7. The average Bonchev–Trinajstić information content (AvgIpc) is 2.30. The van der Waals surface area contributed by atoms with E-state index in [0.717, 1.165) is 12.5 Å². The van der Waals surface area contributed by atoms with Gasteiger partial charge in [-0.05, 0) is 19.8 Å². The third-order valence-electron chi connectivity index (χ3n) is 3.16. The van der Waals surface area contributed by atoms with E-state index < -0.39 is 13.8 Å². The molecule has 0 spiro atoms. The fourth-order valence-corrected chi connectivity index (χ4v) is 2.19. The molecule has 0 saturated carbocycles. The van der Waals surface area contributed by atoms with Crippen LogP contribution in [0.25, 0.3) is 0 Å². The normalized spacial score (nSPS) is 15.3. The van der Waals surface area contributed by atoms with Crippen molar-refractivity contribution in [3.8, 4) is 0 Å². The summed E-state index contributed by atoms with van der Waals surface area (Å²) in [6.45, 7) is 5.12. The second-order valence-corrected chi connectivity index (χ2v) is 7.18. The molecule has 2 N–H and O–H groups in total. The van der Waals surface area contributed by atoms with Gasteiger partial charge in [0.15, 0.2) is 0 Å². The number of carbonyl (C=O) groups excluding carboxylic acids is 1. The smallest absolute Gasteiger partial charge is 0.460 e. The number of nitrogens with zero attached hydrogens (tertiary/aromatic N) is 1. The molecule has 2 unspecified atom stereocenters. The number of likely N-dealkylation sites (N-methyl/N-ethyl adjacent to an activating group) is 1. The van der Waals surface area contributed by atoms with Gasteiger partial charge in [0.1, 0.15) is 12.6 Å². The van der Waals surface area contributed by atoms with Gasteiger partial charge in [0.25, 0.3) is 0 Å². The number of rotatable bonds is 10. The lowest BCUT2D eigenvalue weighted by Gasteiger charge is -2.34. The Balaban J connectivity index is 4.28. The van der Waals surface area contributed by atoms with Gasteiger partial charge in [-0.15, -0.1) is 0 Å². The molecule has 0 amide bonds. The first-order valence-corrected chi connectivity index (χ1v) is 8.33. The van der Waals surface area contributed by atoms with Gasteiger partial charge < -0.3 is 19.0 Å². The SMILES string of the molecule is C=CC(=O)OC(C)CCCC(COP(=O)(O)O)[N+](C)(C)C. The van der Waals surface area contributed by atoms with Gasteiger partial charge in [-0.2, -0.15) is 0 Å².